The molecule has 128 valence electrons. The molecule has 0 aromatic heterocycles. The second kappa shape index (κ2) is 7.27. The fourth-order valence-electron chi connectivity index (χ4n) is 3.25. The van der Waals surface area contributed by atoms with Crippen molar-refractivity contribution in [1.82, 2.24) is 20.0 Å². The van der Waals surface area contributed by atoms with Gasteiger partial charge < -0.3 is 19.9 Å². The molecule has 3 aliphatic heterocycles. The molecule has 3 aliphatic rings. The Balaban J connectivity index is 1.43. The highest BCUT2D eigenvalue weighted by molar-refractivity contribution is 5.91. The number of carbonyl (C=O) groups is 3. The zero-order valence-electron chi connectivity index (χ0n) is 13.3. The van der Waals surface area contributed by atoms with E-state index in [1.165, 1.54) is 0 Å². The highest BCUT2D eigenvalue weighted by Gasteiger charge is 2.33. The maximum Gasteiger partial charge on any atom is 0.245 e. The van der Waals surface area contributed by atoms with Gasteiger partial charge in [0.2, 0.25) is 17.7 Å². The zero-order chi connectivity index (χ0) is 16.2. The van der Waals surface area contributed by atoms with Crippen LogP contribution in [0.15, 0.2) is 0 Å². The summed E-state index contributed by atoms with van der Waals surface area (Å²) in [6.45, 7) is 5.60. The summed E-state index contributed by atoms with van der Waals surface area (Å²) in [5.74, 6) is 0.0481. The number of rotatable bonds is 3. The van der Waals surface area contributed by atoms with Crippen molar-refractivity contribution >= 4 is 17.7 Å². The van der Waals surface area contributed by atoms with Gasteiger partial charge in [-0.1, -0.05) is 0 Å². The van der Waals surface area contributed by atoms with Gasteiger partial charge in [-0.25, -0.2) is 0 Å². The van der Waals surface area contributed by atoms with Crippen LogP contribution in [0.2, 0.25) is 0 Å². The van der Waals surface area contributed by atoms with Crippen LogP contribution >= 0.6 is 0 Å². The summed E-state index contributed by atoms with van der Waals surface area (Å²) in [5, 5.41) is 2.71. The number of morpholine rings is 1. The summed E-state index contributed by atoms with van der Waals surface area (Å²) in [6, 6.07) is -0.377. The number of amides is 3. The summed E-state index contributed by atoms with van der Waals surface area (Å²) < 4.78 is 5.28. The number of hydrogen-bond acceptors (Lipinski definition) is 5. The third-order valence-electron chi connectivity index (χ3n) is 4.70. The first kappa shape index (κ1) is 16.2. The van der Waals surface area contributed by atoms with E-state index in [9.17, 15) is 14.4 Å². The maximum absolute atomic E-state index is 12.3. The number of hydrogen-bond donors (Lipinski definition) is 1. The van der Waals surface area contributed by atoms with Gasteiger partial charge in [0, 0.05) is 45.7 Å². The lowest BCUT2D eigenvalue weighted by atomic mass is 10.2. The average Bonchev–Trinajstić information content (AvgIpc) is 3.02. The topological polar surface area (TPSA) is 82.2 Å². The third kappa shape index (κ3) is 4.00. The Hall–Kier alpha value is -1.67. The van der Waals surface area contributed by atoms with Gasteiger partial charge in [0.15, 0.2) is 0 Å². The van der Waals surface area contributed by atoms with E-state index in [4.69, 9.17) is 4.74 Å². The van der Waals surface area contributed by atoms with Crippen LogP contribution in [-0.4, -0.2) is 97.5 Å². The monoisotopic (exact) mass is 324 g/mol. The third-order valence-corrected chi connectivity index (χ3v) is 4.70. The molecule has 3 heterocycles. The fraction of sp³-hybridized carbons (Fsp3) is 0.800. The quantitative estimate of drug-likeness (QED) is 0.667. The maximum atomic E-state index is 12.3. The van der Waals surface area contributed by atoms with E-state index < -0.39 is 0 Å². The minimum absolute atomic E-state index is 0.0175. The van der Waals surface area contributed by atoms with Crippen molar-refractivity contribution in [3.63, 3.8) is 0 Å². The lowest BCUT2D eigenvalue weighted by molar-refractivity contribution is -0.141. The van der Waals surface area contributed by atoms with E-state index in [2.05, 4.69) is 10.2 Å². The molecule has 0 unspecified atom stereocenters. The van der Waals surface area contributed by atoms with Gasteiger partial charge in [-0.05, 0) is 6.42 Å². The number of nitrogens with zero attached hydrogens (tertiary/aromatic N) is 3. The molecule has 8 nitrogen and oxygen atoms in total. The minimum atomic E-state index is -0.377. The van der Waals surface area contributed by atoms with Crippen molar-refractivity contribution in [1.29, 1.82) is 0 Å². The molecule has 0 bridgehead atoms. The van der Waals surface area contributed by atoms with Crippen molar-refractivity contribution in [3.8, 4) is 0 Å². The summed E-state index contributed by atoms with van der Waals surface area (Å²) >= 11 is 0. The zero-order valence-corrected chi connectivity index (χ0v) is 13.3. The molecule has 0 aromatic carbocycles. The molecular formula is C15H24N4O4. The Labute approximate surface area is 135 Å². The summed E-state index contributed by atoms with van der Waals surface area (Å²) in [6.07, 6.45) is 1.00. The van der Waals surface area contributed by atoms with E-state index in [1.807, 2.05) is 4.90 Å². The number of ether oxygens (including phenoxy) is 1. The van der Waals surface area contributed by atoms with Crippen LogP contribution in [0.4, 0.5) is 0 Å². The summed E-state index contributed by atoms with van der Waals surface area (Å²) in [4.78, 5) is 41.6. The predicted octanol–water partition coefficient (Wildman–Crippen LogP) is -1.73. The molecule has 3 amide bonds. The smallest absolute Gasteiger partial charge is 0.245 e. The van der Waals surface area contributed by atoms with Crippen molar-refractivity contribution in [2.24, 2.45) is 0 Å². The van der Waals surface area contributed by atoms with Crippen LogP contribution in [-0.2, 0) is 19.1 Å². The molecule has 8 heteroatoms. The normalized spacial score (nSPS) is 26.3. The van der Waals surface area contributed by atoms with Crippen LogP contribution < -0.4 is 5.32 Å². The molecule has 1 N–H and O–H groups in total. The van der Waals surface area contributed by atoms with Gasteiger partial charge in [-0.15, -0.1) is 0 Å². The SMILES string of the molecule is O=C1CC[C@H](C(=O)N2CCN(C(=O)CN3CCOCC3)CC2)N1. The highest BCUT2D eigenvalue weighted by atomic mass is 16.5. The first-order valence-corrected chi connectivity index (χ1v) is 8.29. The Morgan fingerprint density at radius 3 is 2.30 bits per heavy atom. The molecule has 1 atom stereocenters. The molecule has 0 aromatic rings. The molecule has 3 rings (SSSR count). The van der Waals surface area contributed by atoms with Gasteiger partial charge in [0.1, 0.15) is 6.04 Å². The lowest BCUT2D eigenvalue weighted by Crippen LogP contribution is -2.56. The predicted molar refractivity (Wildman–Crippen MR) is 81.6 cm³/mol. The molecule has 23 heavy (non-hydrogen) atoms. The van der Waals surface area contributed by atoms with Crippen molar-refractivity contribution < 1.29 is 19.1 Å². The molecule has 0 saturated carbocycles. The lowest BCUT2D eigenvalue weighted by Gasteiger charge is -2.37. The fourth-order valence-corrected chi connectivity index (χ4v) is 3.25. The van der Waals surface area contributed by atoms with Crippen molar-refractivity contribution in [2.75, 3.05) is 59.0 Å². The Kier molecular flexibility index (Phi) is 5.12. The van der Waals surface area contributed by atoms with Crippen LogP contribution in [0.25, 0.3) is 0 Å². The minimum Gasteiger partial charge on any atom is -0.379 e. The van der Waals surface area contributed by atoms with E-state index in [-0.39, 0.29) is 23.8 Å². The second-order valence-corrected chi connectivity index (χ2v) is 6.25. The Bertz CT molecular complexity index is 470. The van der Waals surface area contributed by atoms with E-state index >= 15 is 0 Å². The molecule has 3 fully saturated rings. The number of nitrogens with one attached hydrogen (secondary N) is 1. The second-order valence-electron chi connectivity index (χ2n) is 6.25. The average molecular weight is 324 g/mol. The number of carbonyl (C=O) groups excluding carboxylic acids is 3. The molecule has 0 spiro atoms. The van der Waals surface area contributed by atoms with E-state index in [1.54, 1.807) is 4.90 Å². The van der Waals surface area contributed by atoms with E-state index in [0.717, 1.165) is 13.1 Å². The van der Waals surface area contributed by atoms with Gasteiger partial charge in [0.05, 0.1) is 19.8 Å². The van der Waals surface area contributed by atoms with Crippen LogP contribution in [0.3, 0.4) is 0 Å². The standard InChI is InChI=1S/C15H24N4O4/c20-13-2-1-12(16-13)15(22)19-5-3-18(4-6-19)14(21)11-17-7-9-23-10-8-17/h12H,1-11H2,(H,16,20)/t12-/m1/s1. The van der Waals surface area contributed by atoms with Crippen LogP contribution in [0.5, 0.6) is 0 Å². The highest BCUT2D eigenvalue weighted by Crippen LogP contribution is 2.12. The van der Waals surface area contributed by atoms with E-state index in [0.29, 0.717) is 58.8 Å². The van der Waals surface area contributed by atoms with Crippen LogP contribution in [0, 0.1) is 0 Å². The van der Waals surface area contributed by atoms with Crippen molar-refractivity contribution in [2.45, 2.75) is 18.9 Å². The first-order valence-electron chi connectivity index (χ1n) is 8.29. The largest absolute Gasteiger partial charge is 0.379 e. The number of piperazine rings is 1. The van der Waals surface area contributed by atoms with Gasteiger partial charge in [-0.3, -0.25) is 19.3 Å². The van der Waals surface area contributed by atoms with Crippen molar-refractivity contribution in [3.05, 3.63) is 0 Å². The Morgan fingerprint density at radius 1 is 1.04 bits per heavy atom. The van der Waals surface area contributed by atoms with Gasteiger partial charge in [0.25, 0.3) is 0 Å². The van der Waals surface area contributed by atoms with Gasteiger partial charge >= 0.3 is 0 Å². The molecular weight excluding hydrogens is 300 g/mol. The summed E-state index contributed by atoms with van der Waals surface area (Å²) in [5.41, 5.74) is 0. The molecule has 0 aliphatic carbocycles. The van der Waals surface area contributed by atoms with Gasteiger partial charge in [-0.2, -0.15) is 0 Å². The summed E-state index contributed by atoms with van der Waals surface area (Å²) in [7, 11) is 0. The molecule has 0 radical (unpaired) electrons. The first-order chi connectivity index (χ1) is 11.1. The van der Waals surface area contributed by atoms with Crippen LogP contribution in [0.1, 0.15) is 12.8 Å². The molecule has 3 saturated heterocycles. The Morgan fingerprint density at radius 2 is 1.70 bits per heavy atom.